The smallest absolute Gasteiger partial charge is 0.267 e. The Balaban J connectivity index is 2.22. The van der Waals surface area contributed by atoms with Crippen LogP contribution in [0.3, 0.4) is 0 Å². The molecule has 1 heterocycles. The molecular weight excluding hydrogens is 307 g/mol. The van der Waals surface area contributed by atoms with E-state index in [1.54, 1.807) is 30.5 Å². The number of aromatic nitrogens is 2. The van der Waals surface area contributed by atoms with Gasteiger partial charge in [-0.25, -0.2) is 5.10 Å². The summed E-state index contributed by atoms with van der Waals surface area (Å²) in [6, 6.07) is 14.4. The molecule has 0 atom stereocenters. The fraction of sp³-hybridized carbons (Fsp3) is 0. The Hall–Kier alpha value is -2.10. The molecular formula is C16H10Cl2N2O. The summed E-state index contributed by atoms with van der Waals surface area (Å²) < 4.78 is 0. The number of nitrogens with one attached hydrogen (secondary N) is 1. The van der Waals surface area contributed by atoms with Crippen LogP contribution in [-0.4, -0.2) is 10.2 Å². The zero-order chi connectivity index (χ0) is 14.8. The number of benzene rings is 2. The van der Waals surface area contributed by atoms with Gasteiger partial charge < -0.3 is 0 Å². The summed E-state index contributed by atoms with van der Waals surface area (Å²) in [6.45, 7) is 0. The lowest BCUT2D eigenvalue weighted by Gasteiger charge is -2.08. The van der Waals surface area contributed by atoms with E-state index in [0.29, 0.717) is 15.6 Å². The molecule has 0 amide bonds. The van der Waals surface area contributed by atoms with Gasteiger partial charge in [-0.2, -0.15) is 5.10 Å². The first-order valence-corrected chi connectivity index (χ1v) is 7.00. The number of rotatable bonds is 2. The summed E-state index contributed by atoms with van der Waals surface area (Å²) in [6.07, 6.45) is 1.63. The van der Waals surface area contributed by atoms with Crippen LogP contribution in [0.25, 0.3) is 22.3 Å². The fourth-order valence-corrected chi connectivity index (χ4v) is 2.40. The highest BCUT2D eigenvalue weighted by Gasteiger charge is 2.12. The summed E-state index contributed by atoms with van der Waals surface area (Å²) >= 11 is 11.8. The van der Waals surface area contributed by atoms with Crippen LogP contribution >= 0.6 is 23.2 Å². The second kappa shape index (κ2) is 5.72. The maximum atomic E-state index is 12.2. The first-order valence-electron chi connectivity index (χ1n) is 6.25. The average molecular weight is 317 g/mol. The lowest BCUT2D eigenvalue weighted by molar-refractivity contribution is 0.994. The highest BCUT2D eigenvalue weighted by Crippen LogP contribution is 2.29. The molecule has 0 saturated carbocycles. The van der Waals surface area contributed by atoms with Crippen LogP contribution in [0.2, 0.25) is 10.0 Å². The van der Waals surface area contributed by atoms with E-state index in [4.69, 9.17) is 23.2 Å². The maximum Gasteiger partial charge on any atom is 0.272 e. The summed E-state index contributed by atoms with van der Waals surface area (Å²) in [5.74, 6) is 0. The van der Waals surface area contributed by atoms with E-state index in [1.165, 1.54) is 0 Å². The summed E-state index contributed by atoms with van der Waals surface area (Å²) in [5.41, 5.74) is 2.72. The molecule has 3 aromatic rings. The number of aromatic amines is 1. The van der Waals surface area contributed by atoms with Crippen molar-refractivity contribution in [3.05, 3.63) is 75.1 Å². The molecule has 0 aliphatic carbocycles. The maximum absolute atomic E-state index is 12.2. The molecule has 0 radical (unpaired) electrons. The molecule has 0 unspecified atom stereocenters. The van der Waals surface area contributed by atoms with E-state index in [0.717, 1.165) is 16.7 Å². The van der Waals surface area contributed by atoms with Crippen molar-refractivity contribution in [2.75, 3.05) is 0 Å². The van der Waals surface area contributed by atoms with Gasteiger partial charge in [-0.15, -0.1) is 0 Å². The fourth-order valence-electron chi connectivity index (χ4n) is 2.15. The molecule has 3 rings (SSSR count). The third kappa shape index (κ3) is 2.84. The topological polar surface area (TPSA) is 45.8 Å². The molecule has 104 valence electrons. The highest BCUT2D eigenvalue weighted by atomic mass is 35.5. The lowest BCUT2D eigenvalue weighted by Crippen LogP contribution is -2.11. The molecule has 0 spiro atoms. The summed E-state index contributed by atoms with van der Waals surface area (Å²) in [7, 11) is 0. The minimum absolute atomic E-state index is 0.246. The van der Waals surface area contributed by atoms with Gasteiger partial charge in [0, 0.05) is 15.6 Å². The van der Waals surface area contributed by atoms with Crippen LogP contribution in [0, 0.1) is 0 Å². The van der Waals surface area contributed by atoms with Crippen LogP contribution in [0.15, 0.2) is 59.5 Å². The molecule has 3 nitrogen and oxygen atoms in total. The molecule has 1 N–H and O–H groups in total. The largest absolute Gasteiger partial charge is 0.272 e. The van der Waals surface area contributed by atoms with Crippen molar-refractivity contribution in [3.8, 4) is 22.3 Å². The van der Waals surface area contributed by atoms with Crippen molar-refractivity contribution in [1.82, 2.24) is 10.2 Å². The van der Waals surface area contributed by atoms with Gasteiger partial charge >= 0.3 is 0 Å². The first-order chi connectivity index (χ1) is 10.1. The quantitative estimate of drug-likeness (QED) is 0.761. The number of nitrogens with zero attached hydrogens (tertiary/aromatic N) is 1. The number of hydrogen-bond acceptors (Lipinski definition) is 2. The second-order valence-electron chi connectivity index (χ2n) is 4.50. The number of hydrogen-bond donors (Lipinski definition) is 1. The van der Waals surface area contributed by atoms with Gasteiger partial charge in [0.15, 0.2) is 0 Å². The molecule has 1 aromatic heterocycles. The van der Waals surface area contributed by atoms with Gasteiger partial charge in [0.1, 0.15) is 0 Å². The molecule has 0 aliphatic heterocycles. The van der Waals surface area contributed by atoms with Gasteiger partial charge in [-0.1, -0.05) is 47.5 Å². The van der Waals surface area contributed by atoms with Crippen molar-refractivity contribution in [1.29, 1.82) is 0 Å². The standard InChI is InChI=1S/C16H10Cl2N2O/c17-12-5-1-10(2-6-12)14-9-19-20-16(21)15(14)11-3-7-13(18)8-4-11/h1-9H,(H,20,21). The third-order valence-corrected chi connectivity index (χ3v) is 3.65. The lowest BCUT2D eigenvalue weighted by atomic mass is 9.97. The van der Waals surface area contributed by atoms with Crippen LogP contribution in [0.5, 0.6) is 0 Å². The van der Waals surface area contributed by atoms with Crippen molar-refractivity contribution in [3.63, 3.8) is 0 Å². The predicted molar refractivity (Wildman–Crippen MR) is 85.7 cm³/mol. The van der Waals surface area contributed by atoms with E-state index in [1.807, 2.05) is 24.3 Å². The van der Waals surface area contributed by atoms with Crippen LogP contribution in [0.4, 0.5) is 0 Å². The Morgan fingerprint density at radius 2 is 1.33 bits per heavy atom. The summed E-state index contributed by atoms with van der Waals surface area (Å²) in [4.78, 5) is 12.2. The second-order valence-corrected chi connectivity index (χ2v) is 5.37. The molecule has 0 saturated heterocycles. The van der Waals surface area contributed by atoms with E-state index in [9.17, 15) is 4.79 Å². The third-order valence-electron chi connectivity index (χ3n) is 3.14. The average Bonchev–Trinajstić information content (AvgIpc) is 2.49. The SMILES string of the molecule is O=c1[nH]ncc(-c2ccc(Cl)cc2)c1-c1ccc(Cl)cc1. The molecule has 0 aliphatic rings. The Kier molecular flexibility index (Phi) is 3.78. The molecule has 5 heteroatoms. The van der Waals surface area contributed by atoms with Crippen LogP contribution < -0.4 is 5.56 Å². The minimum atomic E-state index is -0.246. The van der Waals surface area contributed by atoms with Gasteiger partial charge in [0.05, 0.1) is 11.8 Å². The van der Waals surface area contributed by atoms with Crippen molar-refractivity contribution in [2.45, 2.75) is 0 Å². The van der Waals surface area contributed by atoms with Crippen molar-refractivity contribution >= 4 is 23.2 Å². The Labute approximate surface area is 131 Å². The minimum Gasteiger partial charge on any atom is -0.267 e. The van der Waals surface area contributed by atoms with Gasteiger partial charge in [0.25, 0.3) is 5.56 Å². The number of halogens is 2. The predicted octanol–water partition coefficient (Wildman–Crippen LogP) is 4.41. The monoisotopic (exact) mass is 316 g/mol. The van der Waals surface area contributed by atoms with Crippen molar-refractivity contribution in [2.24, 2.45) is 0 Å². The molecule has 2 aromatic carbocycles. The zero-order valence-corrected chi connectivity index (χ0v) is 12.3. The molecule has 0 fully saturated rings. The van der Waals surface area contributed by atoms with E-state index >= 15 is 0 Å². The highest BCUT2D eigenvalue weighted by molar-refractivity contribution is 6.31. The molecule has 21 heavy (non-hydrogen) atoms. The molecule has 0 bridgehead atoms. The van der Waals surface area contributed by atoms with E-state index in [-0.39, 0.29) is 5.56 Å². The van der Waals surface area contributed by atoms with Gasteiger partial charge in [-0.05, 0) is 35.4 Å². The Morgan fingerprint density at radius 1 is 0.810 bits per heavy atom. The first kappa shape index (κ1) is 13.9. The van der Waals surface area contributed by atoms with Crippen LogP contribution in [-0.2, 0) is 0 Å². The van der Waals surface area contributed by atoms with Crippen molar-refractivity contribution < 1.29 is 0 Å². The normalized spacial score (nSPS) is 10.6. The van der Waals surface area contributed by atoms with Gasteiger partial charge in [-0.3, -0.25) is 4.79 Å². The Bertz CT molecular complexity index is 824. The van der Waals surface area contributed by atoms with Crippen LogP contribution in [0.1, 0.15) is 0 Å². The zero-order valence-electron chi connectivity index (χ0n) is 10.8. The summed E-state index contributed by atoms with van der Waals surface area (Å²) in [5, 5.41) is 7.63. The van der Waals surface area contributed by atoms with E-state index < -0.39 is 0 Å². The van der Waals surface area contributed by atoms with Gasteiger partial charge in [0.2, 0.25) is 0 Å². The Morgan fingerprint density at radius 3 is 1.90 bits per heavy atom. The van der Waals surface area contributed by atoms with E-state index in [2.05, 4.69) is 10.2 Å². The number of H-pyrrole nitrogens is 1.